The van der Waals surface area contributed by atoms with Crippen LogP contribution in [0.3, 0.4) is 0 Å². The van der Waals surface area contributed by atoms with Gasteiger partial charge in [-0.05, 0) is 54.8 Å². The number of carbonyl (C=O) groups is 2. The number of halogens is 1. The molecule has 5 rings (SSSR count). The number of aromatic nitrogens is 3. The summed E-state index contributed by atoms with van der Waals surface area (Å²) in [6.07, 6.45) is 6.98. The maximum atomic E-state index is 13.3. The van der Waals surface area contributed by atoms with Crippen LogP contribution in [-0.4, -0.2) is 38.0 Å². The van der Waals surface area contributed by atoms with Crippen molar-refractivity contribution < 1.29 is 14.0 Å². The quantitative estimate of drug-likeness (QED) is 0.441. The molecule has 1 aliphatic rings. The van der Waals surface area contributed by atoms with Gasteiger partial charge in [0.05, 0.1) is 36.2 Å². The van der Waals surface area contributed by atoms with Gasteiger partial charge in [-0.3, -0.25) is 9.59 Å². The van der Waals surface area contributed by atoms with E-state index in [0.29, 0.717) is 16.8 Å². The third-order valence-corrected chi connectivity index (χ3v) is 6.63. The number of hydrogen-bond donors (Lipinski definition) is 1. The summed E-state index contributed by atoms with van der Waals surface area (Å²) >= 11 is 1.58. The third-order valence-electron chi connectivity index (χ3n) is 5.75. The Morgan fingerprint density at radius 2 is 2.03 bits per heavy atom. The van der Waals surface area contributed by atoms with Crippen LogP contribution in [0.2, 0.25) is 0 Å². The van der Waals surface area contributed by atoms with E-state index < -0.39 is 0 Å². The zero-order valence-electron chi connectivity index (χ0n) is 18.2. The molecule has 1 unspecified atom stereocenters. The topological polar surface area (TPSA) is 80.1 Å². The number of likely N-dealkylation sites (tertiary alicyclic amines) is 1. The Labute approximate surface area is 199 Å². The van der Waals surface area contributed by atoms with Crippen LogP contribution < -0.4 is 5.32 Å². The summed E-state index contributed by atoms with van der Waals surface area (Å²) in [4.78, 5) is 31.7. The number of nitrogens with one attached hydrogen (secondary N) is 1. The molecule has 1 N–H and O–H groups in total. The van der Waals surface area contributed by atoms with Gasteiger partial charge in [0.1, 0.15) is 10.8 Å². The van der Waals surface area contributed by atoms with Crippen molar-refractivity contribution in [2.45, 2.75) is 25.3 Å². The molecule has 2 amide bonds. The van der Waals surface area contributed by atoms with Gasteiger partial charge in [-0.1, -0.05) is 12.1 Å². The molecule has 4 aromatic rings. The van der Waals surface area contributed by atoms with Gasteiger partial charge in [0.25, 0.3) is 5.91 Å². The summed E-state index contributed by atoms with van der Waals surface area (Å²) in [6.45, 7) is 0.725. The largest absolute Gasteiger partial charge is 0.329 e. The molecule has 1 aliphatic heterocycles. The van der Waals surface area contributed by atoms with Crippen molar-refractivity contribution in [3.8, 4) is 5.69 Å². The van der Waals surface area contributed by atoms with E-state index in [9.17, 15) is 14.0 Å². The van der Waals surface area contributed by atoms with Crippen LogP contribution in [0, 0.1) is 5.82 Å². The Morgan fingerprint density at radius 3 is 2.79 bits per heavy atom. The molecule has 172 valence electrons. The Bertz CT molecular complexity index is 1300. The van der Waals surface area contributed by atoms with E-state index in [2.05, 4.69) is 15.4 Å². The fraction of sp³-hybridized carbons (Fsp3) is 0.200. The minimum atomic E-state index is -0.372. The van der Waals surface area contributed by atoms with E-state index in [1.807, 2.05) is 22.4 Å². The van der Waals surface area contributed by atoms with E-state index in [-0.39, 0.29) is 30.1 Å². The van der Waals surface area contributed by atoms with E-state index >= 15 is 0 Å². The predicted octanol–water partition coefficient (Wildman–Crippen LogP) is 4.63. The van der Waals surface area contributed by atoms with Gasteiger partial charge in [0.15, 0.2) is 0 Å². The predicted molar refractivity (Wildman–Crippen MR) is 127 cm³/mol. The number of carbonyl (C=O) groups excluding carboxylic acids is 2. The Balaban J connectivity index is 1.23. The molecule has 1 fully saturated rings. The first kappa shape index (κ1) is 22.0. The zero-order valence-corrected chi connectivity index (χ0v) is 19.0. The van der Waals surface area contributed by atoms with Gasteiger partial charge in [0, 0.05) is 23.7 Å². The highest BCUT2D eigenvalue weighted by atomic mass is 32.1. The summed E-state index contributed by atoms with van der Waals surface area (Å²) in [5.74, 6) is -0.634. The normalized spacial score (nSPS) is 15.4. The number of hydrogen-bond acceptors (Lipinski definition) is 5. The number of benzene rings is 2. The van der Waals surface area contributed by atoms with Gasteiger partial charge in [-0.25, -0.2) is 14.1 Å². The smallest absolute Gasteiger partial charge is 0.254 e. The van der Waals surface area contributed by atoms with E-state index in [1.54, 1.807) is 58.9 Å². The molecule has 0 radical (unpaired) electrons. The van der Waals surface area contributed by atoms with Gasteiger partial charge in [0.2, 0.25) is 5.91 Å². The maximum absolute atomic E-state index is 13.3. The van der Waals surface area contributed by atoms with Crippen molar-refractivity contribution in [2.24, 2.45) is 0 Å². The summed E-state index contributed by atoms with van der Waals surface area (Å²) < 4.78 is 14.9. The summed E-state index contributed by atoms with van der Waals surface area (Å²) in [7, 11) is 0. The fourth-order valence-corrected chi connectivity index (χ4v) is 4.94. The van der Waals surface area contributed by atoms with Crippen molar-refractivity contribution in [2.75, 3.05) is 11.9 Å². The van der Waals surface area contributed by atoms with Crippen LogP contribution in [0.1, 0.15) is 39.8 Å². The number of anilines is 1. The lowest BCUT2D eigenvalue weighted by Gasteiger charge is -2.23. The molecule has 0 bridgehead atoms. The van der Waals surface area contributed by atoms with Crippen molar-refractivity contribution in [1.29, 1.82) is 0 Å². The van der Waals surface area contributed by atoms with Gasteiger partial charge >= 0.3 is 0 Å². The van der Waals surface area contributed by atoms with E-state index in [0.717, 1.165) is 30.1 Å². The first-order valence-electron chi connectivity index (χ1n) is 11.0. The van der Waals surface area contributed by atoms with Crippen LogP contribution in [0.5, 0.6) is 0 Å². The second kappa shape index (κ2) is 9.56. The number of rotatable bonds is 6. The average Bonchev–Trinajstić information content (AvgIpc) is 3.60. The average molecular weight is 476 g/mol. The summed E-state index contributed by atoms with van der Waals surface area (Å²) in [5.41, 5.74) is 2.51. The first-order valence-corrected chi connectivity index (χ1v) is 11.8. The SMILES string of the molecule is O=C(Cc1cccc(F)c1)Nc1cnn(-c2ccc(C(=O)N3CCCC3c3nccs3)cc2)c1. The maximum Gasteiger partial charge on any atom is 0.254 e. The standard InChI is InChI=1S/C25H22FN5O2S/c26-19-4-1-3-17(13-19)14-23(32)29-20-15-28-31(16-20)21-8-6-18(7-9-21)25(33)30-11-2-5-22(30)24-27-10-12-34-24/h1,3-4,6-10,12-13,15-16,22H,2,5,11,14H2,(H,29,32). The Kier molecular flexibility index (Phi) is 6.18. The van der Waals surface area contributed by atoms with Gasteiger partial charge in [-0.2, -0.15) is 5.10 Å². The monoisotopic (exact) mass is 475 g/mol. The number of amides is 2. The van der Waals surface area contributed by atoms with Gasteiger partial charge in [-0.15, -0.1) is 11.3 Å². The molecule has 1 atom stereocenters. The highest BCUT2D eigenvalue weighted by Crippen LogP contribution is 2.34. The van der Waals surface area contributed by atoms with Crippen molar-refractivity contribution in [3.05, 3.63) is 94.5 Å². The molecular weight excluding hydrogens is 453 g/mol. The third kappa shape index (κ3) is 4.74. The van der Waals surface area contributed by atoms with Crippen LogP contribution in [-0.2, 0) is 11.2 Å². The van der Waals surface area contributed by atoms with Crippen molar-refractivity contribution in [1.82, 2.24) is 19.7 Å². The lowest BCUT2D eigenvalue weighted by atomic mass is 10.1. The lowest BCUT2D eigenvalue weighted by Crippen LogP contribution is -2.30. The molecule has 0 aliphatic carbocycles. The van der Waals surface area contributed by atoms with E-state index in [1.165, 1.54) is 12.1 Å². The molecule has 0 saturated carbocycles. The Morgan fingerprint density at radius 1 is 1.18 bits per heavy atom. The summed E-state index contributed by atoms with van der Waals surface area (Å²) in [5, 5.41) is 9.99. The molecule has 2 aromatic carbocycles. The van der Waals surface area contributed by atoms with Crippen LogP contribution in [0.4, 0.5) is 10.1 Å². The molecule has 1 saturated heterocycles. The number of nitrogens with zero attached hydrogens (tertiary/aromatic N) is 4. The fourth-order valence-electron chi connectivity index (χ4n) is 4.15. The molecule has 7 nitrogen and oxygen atoms in total. The van der Waals surface area contributed by atoms with Crippen LogP contribution >= 0.6 is 11.3 Å². The molecule has 3 heterocycles. The minimum absolute atomic E-state index is 0.00461. The van der Waals surface area contributed by atoms with Crippen LogP contribution in [0.25, 0.3) is 5.69 Å². The summed E-state index contributed by atoms with van der Waals surface area (Å²) in [6, 6.07) is 13.2. The molecule has 2 aromatic heterocycles. The molecule has 34 heavy (non-hydrogen) atoms. The van der Waals surface area contributed by atoms with E-state index in [4.69, 9.17) is 0 Å². The first-order chi connectivity index (χ1) is 16.6. The highest BCUT2D eigenvalue weighted by molar-refractivity contribution is 7.09. The van der Waals surface area contributed by atoms with Crippen LogP contribution in [0.15, 0.2) is 72.5 Å². The second-order valence-electron chi connectivity index (χ2n) is 8.10. The second-order valence-corrected chi connectivity index (χ2v) is 9.03. The highest BCUT2D eigenvalue weighted by Gasteiger charge is 2.32. The van der Waals surface area contributed by atoms with Gasteiger partial charge < -0.3 is 10.2 Å². The number of thiazole rings is 1. The Hall–Kier alpha value is -3.85. The molecule has 0 spiro atoms. The van der Waals surface area contributed by atoms with Crippen molar-refractivity contribution in [3.63, 3.8) is 0 Å². The van der Waals surface area contributed by atoms with Crippen molar-refractivity contribution >= 4 is 28.8 Å². The molecular formula is C25H22FN5O2S. The minimum Gasteiger partial charge on any atom is -0.329 e. The lowest BCUT2D eigenvalue weighted by molar-refractivity contribution is -0.115. The molecule has 9 heteroatoms. The zero-order chi connectivity index (χ0) is 23.5.